The highest BCUT2D eigenvalue weighted by Gasteiger charge is 2.18. The Labute approximate surface area is 120 Å². The molecule has 0 atom stereocenters. The molecule has 0 saturated heterocycles. The highest BCUT2D eigenvalue weighted by Crippen LogP contribution is 2.27. The van der Waals surface area contributed by atoms with Crippen LogP contribution in [-0.4, -0.2) is 53.0 Å². The van der Waals surface area contributed by atoms with E-state index in [-0.39, 0.29) is 5.91 Å². The van der Waals surface area contributed by atoms with E-state index in [9.17, 15) is 4.79 Å². The zero-order valence-corrected chi connectivity index (χ0v) is 12.5. The lowest BCUT2D eigenvalue weighted by Gasteiger charge is -2.20. The summed E-state index contributed by atoms with van der Waals surface area (Å²) in [4.78, 5) is 14.0. The minimum atomic E-state index is -0.120. The molecule has 1 N–H and O–H groups in total. The molecule has 0 aliphatic heterocycles. The van der Waals surface area contributed by atoms with E-state index >= 15 is 0 Å². The van der Waals surface area contributed by atoms with Gasteiger partial charge in [0.05, 0.1) is 12.2 Å². The number of carbonyl (C=O) groups excluding carboxylic acids is 1. The third-order valence-electron chi connectivity index (χ3n) is 3.76. The van der Waals surface area contributed by atoms with Gasteiger partial charge in [0.2, 0.25) is 0 Å². The van der Waals surface area contributed by atoms with Crippen LogP contribution in [0.25, 0.3) is 0 Å². The van der Waals surface area contributed by atoms with Crippen molar-refractivity contribution in [2.24, 2.45) is 0 Å². The quantitative estimate of drug-likeness (QED) is 0.801. The molecule has 6 nitrogen and oxygen atoms in total. The normalized spacial score (nSPS) is 16.6. The summed E-state index contributed by atoms with van der Waals surface area (Å²) in [5.41, 5.74) is 0.431. The topological polar surface area (TPSA) is 63.1 Å². The molecule has 1 amide bonds. The van der Waals surface area contributed by atoms with Crippen LogP contribution in [0.5, 0.6) is 0 Å². The number of amides is 1. The smallest absolute Gasteiger partial charge is 0.273 e. The summed E-state index contributed by atoms with van der Waals surface area (Å²) >= 11 is 0. The largest absolute Gasteiger partial charge is 0.351 e. The second-order valence-electron chi connectivity index (χ2n) is 5.79. The van der Waals surface area contributed by atoms with Crippen LogP contribution in [0.2, 0.25) is 0 Å². The predicted molar refractivity (Wildman–Crippen MR) is 77.6 cm³/mol. The van der Waals surface area contributed by atoms with Gasteiger partial charge in [0.25, 0.3) is 5.91 Å². The molecule has 0 aromatic carbocycles. The van der Waals surface area contributed by atoms with Gasteiger partial charge in [0, 0.05) is 6.54 Å². The lowest BCUT2D eigenvalue weighted by atomic mass is 9.96. The van der Waals surface area contributed by atoms with Gasteiger partial charge in [-0.2, -0.15) is 0 Å². The first-order chi connectivity index (χ1) is 9.66. The molecule has 0 bridgehead atoms. The van der Waals surface area contributed by atoms with E-state index in [1.54, 1.807) is 6.20 Å². The van der Waals surface area contributed by atoms with Gasteiger partial charge in [-0.15, -0.1) is 5.10 Å². The molecule has 0 spiro atoms. The van der Waals surface area contributed by atoms with Crippen molar-refractivity contribution in [3.05, 3.63) is 11.9 Å². The van der Waals surface area contributed by atoms with Gasteiger partial charge in [0.1, 0.15) is 0 Å². The van der Waals surface area contributed by atoms with Crippen LogP contribution >= 0.6 is 0 Å². The van der Waals surface area contributed by atoms with Crippen molar-refractivity contribution >= 4 is 5.91 Å². The Hall–Kier alpha value is -1.43. The third kappa shape index (κ3) is 4.30. The molecule has 1 aromatic heterocycles. The fourth-order valence-corrected chi connectivity index (χ4v) is 2.59. The van der Waals surface area contributed by atoms with E-state index in [0.717, 1.165) is 25.8 Å². The summed E-state index contributed by atoms with van der Waals surface area (Å²) in [6.45, 7) is 1.64. The maximum absolute atomic E-state index is 11.9. The van der Waals surface area contributed by atoms with Crippen molar-refractivity contribution in [3.63, 3.8) is 0 Å². The van der Waals surface area contributed by atoms with Crippen LogP contribution in [0.15, 0.2) is 6.20 Å². The summed E-state index contributed by atoms with van der Waals surface area (Å²) < 4.78 is 1.87. The molecule has 1 saturated carbocycles. The van der Waals surface area contributed by atoms with Gasteiger partial charge in [-0.3, -0.25) is 4.79 Å². The first-order valence-corrected chi connectivity index (χ1v) is 7.51. The van der Waals surface area contributed by atoms with Crippen LogP contribution < -0.4 is 5.32 Å². The van der Waals surface area contributed by atoms with E-state index in [1.165, 1.54) is 19.3 Å². The van der Waals surface area contributed by atoms with E-state index in [1.807, 2.05) is 18.8 Å². The Bertz CT molecular complexity index is 423. The van der Waals surface area contributed by atoms with Gasteiger partial charge in [-0.1, -0.05) is 24.5 Å². The molecular formula is C14H25N5O. The summed E-state index contributed by atoms with van der Waals surface area (Å²) in [6, 6.07) is 0.423. The van der Waals surface area contributed by atoms with Crippen LogP contribution in [0.1, 0.15) is 55.1 Å². The van der Waals surface area contributed by atoms with Crippen LogP contribution in [0.3, 0.4) is 0 Å². The fraction of sp³-hybridized carbons (Fsp3) is 0.786. The van der Waals surface area contributed by atoms with Gasteiger partial charge < -0.3 is 10.2 Å². The lowest BCUT2D eigenvalue weighted by molar-refractivity contribution is 0.0947. The third-order valence-corrected chi connectivity index (χ3v) is 3.76. The second kappa shape index (κ2) is 7.38. The Morgan fingerprint density at radius 3 is 2.85 bits per heavy atom. The monoisotopic (exact) mass is 279 g/mol. The summed E-state index contributed by atoms with van der Waals surface area (Å²) in [7, 11) is 4.05. The number of nitrogens with one attached hydrogen (secondary N) is 1. The summed E-state index contributed by atoms with van der Waals surface area (Å²) in [5, 5.41) is 11.0. The molecule has 2 rings (SSSR count). The molecule has 1 fully saturated rings. The van der Waals surface area contributed by atoms with E-state index in [0.29, 0.717) is 18.3 Å². The minimum absolute atomic E-state index is 0.120. The molecule has 0 radical (unpaired) electrons. The molecule has 1 heterocycles. The average molecular weight is 279 g/mol. The molecular weight excluding hydrogens is 254 g/mol. The predicted octanol–water partition coefficient (Wildman–Crippen LogP) is 1.46. The van der Waals surface area contributed by atoms with Gasteiger partial charge in [-0.05, 0) is 39.9 Å². The number of carbonyl (C=O) groups is 1. The van der Waals surface area contributed by atoms with E-state index < -0.39 is 0 Å². The molecule has 20 heavy (non-hydrogen) atoms. The molecule has 1 aromatic rings. The van der Waals surface area contributed by atoms with Crippen molar-refractivity contribution in [2.45, 2.75) is 44.6 Å². The lowest BCUT2D eigenvalue weighted by Crippen LogP contribution is -2.27. The Kier molecular flexibility index (Phi) is 5.52. The number of hydrogen-bond donors (Lipinski definition) is 1. The number of rotatable bonds is 6. The van der Waals surface area contributed by atoms with Crippen molar-refractivity contribution in [1.29, 1.82) is 0 Å². The van der Waals surface area contributed by atoms with E-state index in [4.69, 9.17) is 0 Å². The van der Waals surface area contributed by atoms with Crippen LogP contribution in [0, 0.1) is 0 Å². The van der Waals surface area contributed by atoms with Crippen molar-refractivity contribution < 1.29 is 4.79 Å². The van der Waals surface area contributed by atoms with Crippen molar-refractivity contribution in [1.82, 2.24) is 25.2 Å². The molecule has 1 aliphatic carbocycles. The molecule has 112 valence electrons. The maximum atomic E-state index is 11.9. The Morgan fingerprint density at radius 1 is 1.40 bits per heavy atom. The molecule has 1 aliphatic rings. The average Bonchev–Trinajstić information content (AvgIpc) is 2.94. The summed E-state index contributed by atoms with van der Waals surface area (Å²) in [5.74, 6) is -0.120. The van der Waals surface area contributed by atoms with E-state index in [2.05, 4.69) is 20.5 Å². The van der Waals surface area contributed by atoms with Gasteiger partial charge >= 0.3 is 0 Å². The number of aromatic nitrogens is 3. The first kappa shape index (κ1) is 15.0. The number of hydrogen-bond acceptors (Lipinski definition) is 4. The SMILES string of the molecule is CN(C)CCCNC(=O)c1cn(C2CCCCC2)nn1. The maximum Gasteiger partial charge on any atom is 0.273 e. The fourth-order valence-electron chi connectivity index (χ4n) is 2.59. The molecule has 0 unspecified atom stereocenters. The highest BCUT2D eigenvalue weighted by atomic mass is 16.2. The van der Waals surface area contributed by atoms with Gasteiger partial charge in [0.15, 0.2) is 5.69 Å². The summed E-state index contributed by atoms with van der Waals surface area (Å²) in [6.07, 6.45) is 8.82. The first-order valence-electron chi connectivity index (χ1n) is 7.51. The van der Waals surface area contributed by atoms with Crippen molar-refractivity contribution in [2.75, 3.05) is 27.2 Å². The minimum Gasteiger partial charge on any atom is -0.351 e. The Morgan fingerprint density at radius 2 is 2.15 bits per heavy atom. The van der Waals surface area contributed by atoms with Crippen molar-refractivity contribution in [3.8, 4) is 0 Å². The number of nitrogens with zero attached hydrogens (tertiary/aromatic N) is 4. The standard InChI is InChI=1S/C14H25N5O/c1-18(2)10-6-9-15-14(20)13-11-19(17-16-13)12-7-4-3-5-8-12/h11-12H,3-10H2,1-2H3,(H,15,20). The molecule has 6 heteroatoms. The highest BCUT2D eigenvalue weighted by molar-refractivity contribution is 5.91. The second-order valence-corrected chi connectivity index (χ2v) is 5.79. The Balaban J connectivity index is 1.80. The van der Waals surface area contributed by atoms with Crippen LogP contribution in [0.4, 0.5) is 0 Å². The zero-order valence-electron chi connectivity index (χ0n) is 12.5. The van der Waals surface area contributed by atoms with Gasteiger partial charge in [-0.25, -0.2) is 4.68 Å². The zero-order chi connectivity index (χ0) is 14.4. The van der Waals surface area contributed by atoms with Crippen LogP contribution in [-0.2, 0) is 0 Å².